The van der Waals surface area contributed by atoms with E-state index in [-0.39, 0.29) is 30.1 Å². The summed E-state index contributed by atoms with van der Waals surface area (Å²) in [6.07, 6.45) is -0.963. The first kappa shape index (κ1) is 31.4. The highest BCUT2D eigenvalue weighted by Crippen LogP contribution is 2.60. The summed E-state index contributed by atoms with van der Waals surface area (Å²) in [5, 5.41) is 23.5. The molecule has 2 aliphatic rings. The predicted octanol–water partition coefficient (Wildman–Crippen LogP) is 4.92. The number of aliphatic hydroxyl groups excluding tert-OH is 2. The van der Waals surface area contributed by atoms with E-state index in [1.807, 2.05) is 42.5 Å². The van der Waals surface area contributed by atoms with Crippen LogP contribution in [0.4, 0.5) is 11.4 Å². The average molecular weight is 668 g/mol. The van der Waals surface area contributed by atoms with E-state index in [0.717, 1.165) is 27.0 Å². The van der Waals surface area contributed by atoms with E-state index in [2.05, 4.69) is 53.4 Å². The Hall–Kier alpha value is -3.02. The van der Waals surface area contributed by atoms with Gasteiger partial charge in [0.2, 0.25) is 0 Å². The molecule has 1 saturated heterocycles. The highest BCUT2D eigenvalue weighted by Gasteiger charge is 2.66. The van der Waals surface area contributed by atoms with E-state index in [1.165, 1.54) is 12.1 Å². The van der Waals surface area contributed by atoms with Gasteiger partial charge in [-0.15, -0.1) is 0 Å². The summed E-state index contributed by atoms with van der Waals surface area (Å²) in [5.74, 6) is 0.0526. The third-order valence-electron chi connectivity index (χ3n) is 9.15. The fourth-order valence-electron chi connectivity index (χ4n) is 6.96. The van der Waals surface area contributed by atoms with Gasteiger partial charge in [0.1, 0.15) is 11.9 Å². The number of halogens is 1. The lowest BCUT2D eigenvalue weighted by atomic mass is 9.82. The van der Waals surface area contributed by atoms with E-state index < -0.39 is 25.7 Å². The van der Waals surface area contributed by atoms with E-state index in [1.54, 1.807) is 24.1 Å². The summed E-state index contributed by atoms with van der Waals surface area (Å²) in [7, 11) is -0.599. The Morgan fingerprint density at radius 2 is 1.81 bits per heavy atom. The molecule has 1 fully saturated rings. The van der Waals surface area contributed by atoms with Crippen LogP contribution in [0.2, 0.25) is 18.6 Å². The van der Waals surface area contributed by atoms with Crippen LogP contribution in [-0.4, -0.2) is 56.0 Å². The summed E-state index contributed by atoms with van der Waals surface area (Å²) in [4.78, 5) is 28.4. The van der Waals surface area contributed by atoms with Crippen LogP contribution in [0.15, 0.2) is 71.2 Å². The zero-order chi connectivity index (χ0) is 31.1. The van der Waals surface area contributed by atoms with Crippen molar-refractivity contribution in [3.05, 3.63) is 82.3 Å². The zero-order valence-corrected chi connectivity index (χ0v) is 27.7. The highest BCUT2D eigenvalue weighted by atomic mass is 79.9. The lowest BCUT2D eigenvalue weighted by Gasteiger charge is -2.37. The maximum absolute atomic E-state index is 14.7. The first-order valence-corrected chi connectivity index (χ1v) is 18.4. The Kier molecular flexibility index (Phi) is 8.88. The molecular weight excluding hydrogens is 628 g/mol. The van der Waals surface area contributed by atoms with Crippen LogP contribution in [0.1, 0.15) is 31.4 Å². The number of hydrogen-bond acceptors (Lipinski definition) is 6. The molecule has 228 valence electrons. The Labute approximate surface area is 262 Å². The molecule has 3 aromatic carbocycles. The van der Waals surface area contributed by atoms with Crippen LogP contribution in [0, 0.1) is 5.92 Å². The van der Waals surface area contributed by atoms with Gasteiger partial charge in [0.05, 0.1) is 33.5 Å². The molecule has 43 heavy (non-hydrogen) atoms. The van der Waals surface area contributed by atoms with Gasteiger partial charge in [-0.25, -0.2) is 0 Å². The lowest BCUT2D eigenvalue weighted by molar-refractivity contribution is -0.146. The third kappa shape index (κ3) is 5.55. The summed E-state index contributed by atoms with van der Waals surface area (Å²) in [5.41, 5.74) is 1.96. The second kappa shape index (κ2) is 12.2. The van der Waals surface area contributed by atoms with E-state index in [0.29, 0.717) is 18.7 Å². The van der Waals surface area contributed by atoms with Gasteiger partial charge in [0.25, 0.3) is 11.8 Å². The quantitative estimate of drug-likeness (QED) is 0.280. The average Bonchev–Trinajstić information content (AvgIpc) is 3.40. The number of nitrogens with zero attached hydrogens (tertiary/aromatic N) is 1. The molecule has 0 bridgehead atoms. The monoisotopic (exact) mass is 666 g/mol. The van der Waals surface area contributed by atoms with Gasteiger partial charge < -0.3 is 29.9 Å². The summed E-state index contributed by atoms with van der Waals surface area (Å²) < 4.78 is 13.2. The molecule has 0 aromatic heterocycles. The molecule has 2 heterocycles. The van der Waals surface area contributed by atoms with Crippen LogP contribution in [0.5, 0.6) is 5.75 Å². The highest BCUT2D eigenvalue weighted by molar-refractivity contribution is 9.10. The van der Waals surface area contributed by atoms with Crippen molar-refractivity contribution in [2.24, 2.45) is 5.92 Å². The number of carbonyl (C=O) groups excluding carboxylic acids is 2. The molecule has 3 aromatic rings. The maximum atomic E-state index is 14.7. The number of rotatable bonds is 9. The number of nitrogens with one attached hydrogen (secondary N) is 1. The topological polar surface area (TPSA) is 108 Å². The van der Waals surface area contributed by atoms with Crippen molar-refractivity contribution in [1.29, 1.82) is 0 Å². The predicted molar refractivity (Wildman–Crippen MR) is 173 cm³/mol. The third-order valence-corrected chi connectivity index (χ3v) is 14.0. The molecule has 2 amide bonds. The molecule has 5 rings (SSSR count). The molecule has 3 N–H and O–H groups in total. The Bertz CT molecular complexity index is 1500. The molecule has 1 spiro atoms. The van der Waals surface area contributed by atoms with Crippen molar-refractivity contribution >= 4 is 52.4 Å². The number of methoxy groups -OCH3 is 1. The maximum Gasteiger partial charge on any atom is 0.264 e. The van der Waals surface area contributed by atoms with Gasteiger partial charge in [0.15, 0.2) is 5.60 Å². The SMILES string of the molecule is COc1ccc([Si](C)(C)[C@H]2[C@H](CCO)O[C@@]3(C(=O)N(Cc4ccc(NC(=O)[C@H](C)O)cc4)c4ccc(Br)cc43)[C@@H]2C)cc1. The van der Waals surface area contributed by atoms with E-state index in [9.17, 15) is 19.8 Å². The molecule has 5 atom stereocenters. The summed E-state index contributed by atoms with van der Waals surface area (Å²) >= 11 is 3.63. The lowest BCUT2D eigenvalue weighted by Crippen LogP contribution is -2.51. The fourth-order valence-corrected chi connectivity index (χ4v) is 11.4. The molecule has 10 heteroatoms. The smallest absolute Gasteiger partial charge is 0.264 e. The number of amides is 2. The Balaban J connectivity index is 1.51. The number of carbonyl (C=O) groups is 2. The van der Waals surface area contributed by atoms with Crippen LogP contribution in [0.25, 0.3) is 0 Å². The minimum Gasteiger partial charge on any atom is -0.497 e. The summed E-state index contributed by atoms with van der Waals surface area (Å²) in [6, 6.07) is 21.4. The minimum absolute atomic E-state index is 0.0295. The van der Waals surface area contributed by atoms with Gasteiger partial charge in [-0.1, -0.05) is 65.4 Å². The van der Waals surface area contributed by atoms with Crippen molar-refractivity contribution in [3.63, 3.8) is 0 Å². The van der Waals surface area contributed by atoms with Crippen molar-refractivity contribution in [2.45, 2.75) is 63.3 Å². The van der Waals surface area contributed by atoms with Crippen molar-refractivity contribution in [3.8, 4) is 5.75 Å². The number of anilines is 2. The Morgan fingerprint density at radius 1 is 1.14 bits per heavy atom. The number of fused-ring (bicyclic) bond motifs is 2. The van der Waals surface area contributed by atoms with Crippen LogP contribution in [-0.2, 0) is 26.5 Å². The van der Waals surface area contributed by atoms with Gasteiger partial charge in [0, 0.05) is 28.2 Å². The molecule has 0 radical (unpaired) electrons. The second-order valence-electron chi connectivity index (χ2n) is 12.1. The second-order valence-corrected chi connectivity index (χ2v) is 17.7. The number of hydrogen-bond donors (Lipinski definition) is 3. The van der Waals surface area contributed by atoms with Gasteiger partial charge >= 0.3 is 0 Å². The first-order valence-electron chi connectivity index (χ1n) is 14.6. The number of benzene rings is 3. The molecule has 8 nitrogen and oxygen atoms in total. The van der Waals surface area contributed by atoms with Crippen LogP contribution >= 0.6 is 15.9 Å². The largest absolute Gasteiger partial charge is 0.497 e. The van der Waals surface area contributed by atoms with Gasteiger partial charge in [-0.2, -0.15) is 0 Å². The van der Waals surface area contributed by atoms with Crippen molar-refractivity contribution in [2.75, 3.05) is 23.9 Å². The van der Waals surface area contributed by atoms with Gasteiger partial charge in [-0.3, -0.25) is 9.59 Å². The standard InChI is InChI=1S/C33H39BrN2O6Si/c1-20-30(43(4,5)26-13-11-25(41-3)12-14-26)29(16-17-37)42-33(20)27-18-23(34)8-15-28(27)36(32(33)40)19-22-6-9-24(10-7-22)35-31(39)21(2)38/h6-15,18,20-21,29-30,37-38H,16-17,19H2,1-5H3,(H,35,39)/t20-,21+,29+,30-,33+/m1/s1. The molecular formula is C33H39BrN2O6Si. The van der Waals surface area contributed by atoms with Crippen LogP contribution < -0.4 is 20.1 Å². The van der Waals surface area contributed by atoms with Crippen molar-refractivity contribution < 1.29 is 29.3 Å². The molecule has 2 aliphatic heterocycles. The number of ether oxygens (including phenoxy) is 2. The van der Waals surface area contributed by atoms with Crippen molar-refractivity contribution in [1.82, 2.24) is 0 Å². The number of aliphatic hydroxyl groups is 2. The molecule has 0 saturated carbocycles. The first-order chi connectivity index (χ1) is 20.4. The molecule has 0 aliphatic carbocycles. The summed E-state index contributed by atoms with van der Waals surface area (Å²) in [6.45, 7) is 8.48. The zero-order valence-electron chi connectivity index (χ0n) is 25.1. The minimum atomic E-state index is -2.25. The molecule has 0 unspecified atom stereocenters. The van der Waals surface area contributed by atoms with Crippen LogP contribution in [0.3, 0.4) is 0 Å². The normalized spacial score (nSPS) is 23.9. The van der Waals surface area contributed by atoms with Gasteiger partial charge in [-0.05, 0) is 66.9 Å². The fraction of sp³-hybridized carbons (Fsp3) is 0.394. The Morgan fingerprint density at radius 3 is 2.42 bits per heavy atom. The van der Waals surface area contributed by atoms with E-state index >= 15 is 0 Å². The van der Waals surface area contributed by atoms with E-state index in [4.69, 9.17) is 9.47 Å².